The van der Waals surface area contributed by atoms with E-state index in [0.29, 0.717) is 11.6 Å². The molecule has 26 heavy (non-hydrogen) atoms. The molecule has 0 spiro atoms. The van der Waals surface area contributed by atoms with Crippen molar-refractivity contribution >= 4 is 35.2 Å². The summed E-state index contributed by atoms with van der Waals surface area (Å²) in [7, 11) is 0. The van der Waals surface area contributed by atoms with E-state index < -0.39 is 12.0 Å². The number of benzene rings is 1. The standard InChI is InChI=1S/C19H27ClN2O3S/c1-12(11-26-19(2,3)4)22-15(13-5-7-14(20)8-6-13)10-25-16(18(22)24)9-17(21)23/h5-8,12,15-16H,9-11H2,1-4H3,(H2,21,23). The number of carbonyl (C=O) groups excluding carboxylic acids is 2. The summed E-state index contributed by atoms with van der Waals surface area (Å²) in [6.07, 6.45) is -0.903. The van der Waals surface area contributed by atoms with Gasteiger partial charge in [0, 0.05) is 21.6 Å². The Kier molecular flexibility index (Phi) is 6.99. The van der Waals surface area contributed by atoms with Gasteiger partial charge >= 0.3 is 0 Å². The molecule has 1 heterocycles. The van der Waals surface area contributed by atoms with Gasteiger partial charge in [-0.3, -0.25) is 9.59 Å². The predicted molar refractivity (Wildman–Crippen MR) is 106 cm³/mol. The maximum Gasteiger partial charge on any atom is 0.253 e. The van der Waals surface area contributed by atoms with Crippen LogP contribution in [0.4, 0.5) is 0 Å². The Morgan fingerprint density at radius 3 is 2.54 bits per heavy atom. The van der Waals surface area contributed by atoms with Gasteiger partial charge in [0.25, 0.3) is 5.91 Å². The summed E-state index contributed by atoms with van der Waals surface area (Å²) in [4.78, 5) is 26.2. The first-order chi connectivity index (χ1) is 12.1. The van der Waals surface area contributed by atoms with E-state index in [0.717, 1.165) is 11.3 Å². The number of carbonyl (C=O) groups is 2. The van der Waals surface area contributed by atoms with Crippen LogP contribution >= 0.6 is 23.4 Å². The van der Waals surface area contributed by atoms with Gasteiger partial charge in [0.05, 0.1) is 19.1 Å². The third kappa shape index (κ3) is 5.63. The van der Waals surface area contributed by atoms with E-state index in [2.05, 4.69) is 20.8 Å². The van der Waals surface area contributed by atoms with E-state index >= 15 is 0 Å². The van der Waals surface area contributed by atoms with Gasteiger partial charge < -0.3 is 15.4 Å². The highest BCUT2D eigenvalue weighted by Gasteiger charge is 2.40. The third-order valence-corrected chi connectivity index (χ3v) is 5.96. The maximum absolute atomic E-state index is 13.0. The Hall–Kier alpha value is -1.24. The zero-order valence-electron chi connectivity index (χ0n) is 15.7. The Morgan fingerprint density at radius 1 is 1.38 bits per heavy atom. The van der Waals surface area contributed by atoms with Crippen molar-refractivity contribution in [2.75, 3.05) is 12.4 Å². The van der Waals surface area contributed by atoms with Gasteiger partial charge in [-0.2, -0.15) is 11.8 Å². The van der Waals surface area contributed by atoms with Crippen LogP contribution in [-0.4, -0.2) is 46.0 Å². The number of halogens is 1. The lowest BCUT2D eigenvalue weighted by atomic mass is 10.0. The van der Waals surface area contributed by atoms with E-state index in [1.165, 1.54) is 0 Å². The fraction of sp³-hybridized carbons (Fsp3) is 0.579. The minimum Gasteiger partial charge on any atom is -0.370 e. The van der Waals surface area contributed by atoms with Crippen molar-refractivity contribution in [1.29, 1.82) is 0 Å². The average Bonchev–Trinajstić information content (AvgIpc) is 2.54. The van der Waals surface area contributed by atoms with Crippen molar-refractivity contribution in [2.45, 2.75) is 57.1 Å². The van der Waals surface area contributed by atoms with E-state index in [1.54, 1.807) is 11.8 Å². The Balaban J connectivity index is 2.26. The molecule has 144 valence electrons. The SMILES string of the molecule is CC(CSC(C)(C)C)N1C(=O)C(CC(N)=O)OCC1c1ccc(Cl)cc1. The number of ether oxygens (including phenoxy) is 1. The summed E-state index contributed by atoms with van der Waals surface area (Å²) in [5.41, 5.74) is 6.24. The summed E-state index contributed by atoms with van der Waals surface area (Å²) in [5.74, 6) is 0.0739. The molecule has 1 fully saturated rings. The zero-order valence-corrected chi connectivity index (χ0v) is 17.3. The van der Waals surface area contributed by atoms with Gasteiger partial charge in [-0.05, 0) is 24.6 Å². The second-order valence-electron chi connectivity index (χ2n) is 7.58. The number of hydrogen-bond donors (Lipinski definition) is 1. The largest absolute Gasteiger partial charge is 0.370 e. The lowest BCUT2D eigenvalue weighted by molar-refractivity contribution is -0.165. The number of primary amides is 1. The van der Waals surface area contributed by atoms with Gasteiger partial charge in [-0.1, -0.05) is 44.5 Å². The Bertz CT molecular complexity index is 645. The van der Waals surface area contributed by atoms with Crippen molar-refractivity contribution < 1.29 is 14.3 Å². The zero-order chi connectivity index (χ0) is 19.5. The van der Waals surface area contributed by atoms with Crippen LogP contribution in [0.3, 0.4) is 0 Å². The molecule has 0 bridgehead atoms. The first-order valence-electron chi connectivity index (χ1n) is 8.70. The highest BCUT2D eigenvalue weighted by Crippen LogP contribution is 2.33. The monoisotopic (exact) mass is 398 g/mol. The number of amides is 2. The van der Waals surface area contributed by atoms with Crippen molar-refractivity contribution in [3.63, 3.8) is 0 Å². The summed E-state index contributed by atoms with van der Waals surface area (Å²) in [6.45, 7) is 8.82. The van der Waals surface area contributed by atoms with Crippen molar-refractivity contribution in [3.8, 4) is 0 Å². The van der Waals surface area contributed by atoms with Crippen LogP contribution in [-0.2, 0) is 14.3 Å². The first kappa shape index (κ1) is 21.1. The molecule has 0 aliphatic carbocycles. The molecule has 0 radical (unpaired) electrons. The molecule has 0 saturated carbocycles. The number of rotatable bonds is 6. The molecule has 3 unspecified atom stereocenters. The Labute approximate surface area is 164 Å². The molecular weight excluding hydrogens is 372 g/mol. The first-order valence-corrected chi connectivity index (χ1v) is 10.1. The second-order valence-corrected chi connectivity index (χ2v) is 9.86. The normalized spacial score (nSPS) is 22.3. The van der Waals surface area contributed by atoms with Crippen molar-refractivity contribution in [2.24, 2.45) is 5.73 Å². The molecule has 1 aromatic carbocycles. The molecule has 2 rings (SSSR count). The molecule has 7 heteroatoms. The molecule has 1 aliphatic rings. The number of thioether (sulfide) groups is 1. The maximum atomic E-state index is 13.0. The highest BCUT2D eigenvalue weighted by atomic mass is 35.5. The average molecular weight is 399 g/mol. The van der Waals surface area contributed by atoms with E-state index in [4.69, 9.17) is 22.1 Å². The summed E-state index contributed by atoms with van der Waals surface area (Å²) in [6, 6.07) is 7.22. The van der Waals surface area contributed by atoms with Crippen LogP contribution in [0, 0.1) is 0 Å². The summed E-state index contributed by atoms with van der Waals surface area (Å²) in [5, 5.41) is 0.645. The smallest absolute Gasteiger partial charge is 0.253 e. The minimum atomic E-state index is -0.807. The van der Waals surface area contributed by atoms with Crippen molar-refractivity contribution in [1.82, 2.24) is 4.90 Å². The van der Waals surface area contributed by atoms with Crippen LogP contribution in [0.5, 0.6) is 0 Å². The van der Waals surface area contributed by atoms with Gasteiger partial charge in [-0.25, -0.2) is 0 Å². The van der Waals surface area contributed by atoms with Crippen LogP contribution in [0.1, 0.15) is 45.7 Å². The van der Waals surface area contributed by atoms with Crippen LogP contribution < -0.4 is 5.73 Å². The van der Waals surface area contributed by atoms with Gasteiger partial charge in [-0.15, -0.1) is 0 Å². The van der Waals surface area contributed by atoms with Gasteiger partial charge in [0.2, 0.25) is 5.91 Å². The second kappa shape index (κ2) is 8.63. The quantitative estimate of drug-likeness (QED) is 0.796. The molecule has 2 N–H and O–H groups in total. The molecule has 1 aliphatic heterocycles. The minimum absolute atomic E-state index is 0.00770. The lowest BCUT2D eigenvalue weighted by Gasteiger charge is -2.43. The number of hydrogen-bond acceptors (Lipinski definition) is 4. The molecule has 1 aromatic rings. The van der Waals surface area contributed by atoms with Crippen molar-refractivity contribution in [3.05, 3.63) is 34.9 Å². The summed E-state index contributed by atoms with van der Waals surface area (Å²) < 4.78 is 5.80. The number of nitrogens with zero attached hydrogens (tertiary/aromatic N) is 1. The highest BCUT2D eigenvalue weighted by molar-refractivity contribution is 8.00. The molecule has 3 atom stereocenters. The van der Waals surface area contributed by atoms with Crippen LogP contribution in [0.25, 0.3) is 0 Å². The molecule has 0 aromatic heterocycles. The summed E-state index contributed by atoms with van der Waals surface area (Å²) >= 11 is 7.80. The predicted octanol–water partition coefficient (Wildman–Crippen LogP) is 3.40. The third-order valence-electron chi connectivity index (χ3n) is 4.19. The molecule has 2 amide bonds. The fourth-order valence-electron chi connectivity index (χ4n) is 2.92. The Morgan fingerprint density at radius 2 is 2.00 bits per heavy atom. The van der Waals surface area contributed by atoms with Gasteiger partial charge in [0.1, 0.15) is 6.10 Å². The van der Waals surface area contributed by atoms with E-state index in [-0.39, 0.29) is 29.2 Å². The van der Waals surface area contributed by atoms with Gasteiger partial charge in [0.15, 0.2) is 0 Å². The topological polar surface area (TPSA) is 72.6 Å². The lowest BCUT2D eigenvalue weighted by Crippen LogP contribution is -2.54. The van der Waals surface area contributed by atoms with Crippen LogP contribution in [0.2, 0.25) is 5.02 Å². The number of morpholine rings is 1. The van der Waals surface area contributed by atoms with Crippen LogP contribution in [0.15, 0.2) is 24.3 Å². The molecular formula is C19H27ClN2O3S. The molecule has 5 nitrogen and oxygen atoms in total. The fourth-order valence-corrected chi connectivity index (χ4v) is 3.95. The van der Waals surface area contributed by atoms with E-state index in [1.807, 2.05) is 36.1 Å². The van der Waals surface area contributed by atoms with E-state index in [9.17, 15) is 9.59 Å². The number of nitrogens with two attached hydrogens (primary N) is 1. The molecule has 1 saturated heterocycles.